The Bertz CT molecular complexity index is 478. The summed E-state index contributed by atoms with van der Waals surface area (Å²) in [6.45, 7) is 0.601. The summed E-state index contributed by atoms with van der Waals surface area (Å²) in [5.41, 5.74) is 6.24. The zero-order valence-electron chi connectivity index (χ0n) is 8.71. The molecule has 5 heteroatoms. The van der Waals surface area contributed by atoms with Gasteiger partial charge >= 0.3 is 0 Å². The number of nitrogens with zero attached hydrogens (tertiary/aromatic N) is 3. The quantitative estimate of drug-likeness (QED) is 0.801. The number of nitrogens with two attached hydrogens (primary N) is 1. The van der Waals surface area contributed by atoms with Crippen LogP contribution in [0.5, 0.6) is 0 Å². The van der Waals surface area contributed by atoms with Crippen LogP contribution in [0.1, 0.15) is 11.4 Å². The number of carbonyl (C=O) groups is 1. The van der Waals surface area contributed by atoms with Crippen molar-refractivity contribution in [2.24, 2.45) is 5.73 Å². The lowest BCUT2D eigenvalue weighted by Gasteiger charge is -2.04. The van der Waals surface area contributed by atoms with E-state index in [1.165, 1.54) is 6.33 Å². The van der Waals surface area contributed by atoms with Crippen LogP contribution >= 0.6 is 0 Å². The zero-order chi connectivity index (χ0) is 11.4. The molecule has 2 rings (SSSR count). The Hall–Kier alpha value is -2.17. The molecule has 0 spiro atoms. The lowest BCUT2D eigenvalue weighted by atomic mass is 10.2. The molecule has 0 atom stereocenters. The predicted molar refractivity (Wildman–Crippen MR) is 58.5 cm³/mol. The van der Waals surface area contributed by atoms with Crippen LogP contribution in [-0.4, -0.2) is 20.7 Å². The predicted octanol–water partition coefficient (Wildman–Crippen LogP) is 0.354. The maximum absolute atomic E-state index is 10.8. The highest BCUT2D eigenvalue weighted by Gasteiger charge is 2.07. The molecule has 0 bridgehead atoms. The van der Waals surface area contributed by atoms with Crippen LogP contribution in [0.2, 0.25) is 0 Å². The third-order valence-corrected chi connectivity index (χ3v) is 2.20. The second-order valence-corrected chi connectivity index (χ2v) is 3.46. The molecule has 82 valence electrons. The Morgan fingerprint density at radius 3 is 2.75 bits per heavy atom. The molecule has 0 saturated heterocycles. The molecule has 0 aliphatic heterocycles. The molecular formula is C11H12N4O. The second kappa shape index (κ2) is 4.57. The van der Waals surface area contributed by atoms with E-state index in [9.17, 15) is 4.79 Å². The summed E-state index contributed by atoms with van der Waals surface area (Å²) in [6.07, 6.45) is 1.55. The van der Waals surface area contributed by atoms with Gasteiger partial charge in [-0.1, -0.05) is 30.3 Å². The van der Waals surface area contributed by atoms with E-state index < -0.39 is 5.91 Å². The number of aromatic nitrogens is 3. The Balaban J connectivity index is 2.16. The van der Waals surface area contributed by atoms with Gasteiger partial charge < -0.3 is 5.73 Å². The van der Waals surface area contributed by atoms with Crippen molar-refractivity contribution in [3.63, 3.8) is 0 Å². The average Bonchev–Trinajstić information content (AvgIpc) is 2.66. The molecule has 16 heavy (non-hydrogen) atoms. The number of rotatable bonds is 4. The fraction of sp³-hybridized carbons (Fsp3) is 0.182. The van der Waals surface area contributed by atoms with E-state index >= 15 is 0 Å². The van der Waals surface area contributed by atoms with Gasteiger partial charge in [0.2, 0.25) is 5.91 Å². The van der Waals surface area contributed by atoms with Gasteiger partial charge in [0.05, 0.1) is 13.0 Å². The number of amides is 1. The van der Waals surface area contributed by atoms with Gasteiger partial charge in [0, 0.05) is 0 Å². The standard InChI is InChI=1S/C11H12N4O/c12-10(16)6-11-13-8-14-15(11)7-9-4-2-1-3-5-9/h1-5,8H,6-7H2,(H2,12,16). The molecule has 0 fully saturated rings. The molecule has 1 aromatic heterocycles. The van der Waals surface area contributed by atoms with Crippen molar-refractivity contribution in [2.75, 3.05) is 0 Å². The Labute approximate surface area is 92.9 Å². The van der Waals surface area contributed by atoms with Gasteiger partial charge in [-0.25, -0.2) is 9.67 Å². The Kier molecular flexibility index (Phi) is 2.95. The number of primary amides is 1. The van der Waals surface area contributed by atoms with E-state index in [1.807, 2.05) is 30.3 Å². The molecule has 0 aliphatic rings. The maximum atomic E-state index is 10.8. The van der Waals surface area contributed by atoms with E-state index in [0.717, 1.165) is 5.56 Å². The molecule has 0 radical (unpaired) electrons. The van der Waals surface area contributed by atoms with Crippen LogP contribution in [0.15, 0.2) is 36.7 Å². The summed E-state index contributed by atoms with van der Waals surface area (Å²) >= 11 is 0. The SMILES string of the molecule is NC(=O)Cc1ncnn1Cc1ccccc1. The molecule has 5 nitrogen and oxygen atoms in total. The van der Waals surface area contributed by atoms with Gasteiger partial charge in [-0.05, 0) is 5.56 Å². The number of benzene rings is 1. The lowest BCUT2D eigenvalue weighted by Crippen LogP contribution is -2.18. The highest BCUT2D eigenvalue weighted by atomic mass is 16.1. The molecule has 0 saturated carbocycles. The van der Waals surface area contributed by atoms with Gasteiger partial charge in [0.1, 0.15) is 12.2 Å². The van der Waals surface area contributed by atoms with E-state index in [4.69, 9.17) is 5.73 Å². The summed E-state index contributed by atoms with van der Waals surface area (Å²) in [7, 11) is 0. The summed E-state index contributed by atoms with van der Waals surface area (Å²) < 4.78 is 1.68. The van der Waals surface area contributed by atoms with Gasteiger partial charge in [0.15, 0.2) is 0 Å². The minimum atomic E-state index is -0.401. The molecule has 2 aromatic rings. The first-order valence-electron chi connectivity index (χ1n) is 4.94. The summed E-state index contributed by atoms with van der Waals surface area (Å²) in [5.74, 6) is 0.193. The van der Waals surface area contributed by atoms with E-state index in [1.54, 1.807) is 4.68 Å². The van der Waals surface area contributed by atoms with E-state index in [-0.39, 0.29) is 6.42 Å². The van der Waals surface area contributed by atoms with Gasteiger partial charge in [0.25, 0.3) is 0 Å². The van der Waals surface area contributed by atoms with Crippen molar-refractivity contribution < 1.29 is 4.79 Å². The third-order valence-electron chi connectivity index (χ3n) is 2.20. The smallest absolute Gasteiger partial charge is 0.225 e. The van der Waals surface area contributed by atoms with Crippen molar-refractivity contribution in [2.45, 2.75) is 13.0 Å². The van der Waals surface area contributed by atoms with Crippen molar-refractivity contribution in [3.05, 3.63) is 48.0 Å². The van der Waals surface area contributed by atoms with Crippen LogP contribution in [-0.2, 0) is 17.8 Å². The highest BCUT2D eigenvalue weighted by Crippen LogP contribution is 2.03. The van der Waals surface area contributed by atoms with Crippen molar-refractivity contribution >= 4 is 5.91 Å². The molecule has 0 unspecified atom stereocenters. The first-order valence-corrected chi connectivity index (χ1v) is 4.94. The number of hydrogen-bond acceptors (Lipinski definition) is 3. The minimum absolute atomic E-state index is 0.118. The number of hydrogen-bond donors (Lipinski definition) is 1. The van der Waals surface area contributed by atoms with Crippen LogP contribution in [0.3, 0.4) is 0 Å². The molecule has 2 N–H and O–H groups in total. The maximum Gasteiger partial charge on any atom is 0.225 e. The normalized spacial score (nSPS) is 10.2. The van der Waals surface area contributed by atoms with Gasteiger partial charge in [-0.3, -0.25) is 4.79 Å². The van der Waals surface area contributed by atoms with Gasteiger partial charge in [-0.2, -0.15) is 5.10 Å². The first kappa shape index (κ1) is 10.4. The monoisotopic (exact) mass is 216 g/mol. The second-order valence-electron chi connectivity index (χ2n) is 3.46. The van der Waals surface area contributed by atoms with Crippen molar-refractivity contribution in [1.29, 1.82) is 0 Å². The molecular weight excluding hydrogens is 204 g/mol. The summed E-state index contributed by atoms with van der Waals surface area (Å²) in [6, 6.07) is 9.86. The fourth-order valence-electron chi connectivity index (χ4n) is 1.47. The largest absolute Gasteiger partial charge is 0.369 e. The average molecular weight is 216 g/mol. The molecule has 1 aromatic carbocycles. The minimum Gasteiger partial charge on any atom is -0.369 e. The highest BCUT2D eigenvalue weighted by molar-refractivity contribution is 5.75. The van der Waals surface area contributed by atoms with Crippen LogP contribution in [0.4, 0.5) is 0 Å². The van der Waals surface area contributed by atoms with E-state index in [2.05, 4.69) is 10.1 Å². The van der Waals surface area contributed by atoms with Gasteiger partial charge in [-0.15, -0.1) is 0 Å². The Morgan fingerprint density at radius 1 is 1.31 bits per heavy atom. The van der Waals surface area contributed by atoms with E-state index in [0.29, 0.717) is 12.4 Å². The van der Waals surface area contributed by atoms with Crippen molar-refractivity contribution in [3.8, 4) is 0 Å². The first-order chi connectivity index (χ1) is 7.75. The summed E-state index contributed by atoms with van der Waals surface area (Å²) in [5, 5.41) is 4.06. The Morgan fingerprint density at radius 2 is 2.06 bits per heavy atom. The fourth-order valence-corrected chi connectivity index (χ4v) is 1.47. The van der Waals surface area contributed by atoms with Crippen LogP contribution < -0.4 is 5.73 Å². The third kappa shape index (κ3) is 2.44. The summed E-state index contributed by atoms with van der Waals surface area (Å²) in [4.78, 5) is 14.8. The topological polar surface area (TPSA) is 73.8 Å². The van der Waals surface area contributed by atoms with Crippen LogP contribution in [0.25, 0.3) is 0 Å². The zero-order valence-corrected chi connectivity index (χ0v) is 8.71. The number of carbonyl (C=O) groups excluding carboxylic acids is 1. The molecule has 1 amide bonds. The van der Waals surface area contributed by atoms with Crippen LogP contribution in [0, 0.1) is 0 Å². The lowest BCUT2D eigenvalue weighted by molar-refractivity contribution is -0.117. The van der Waals surface area contributed by atoms with Crippen molar-refractivity contribution in [1.82, 2.24) is 14.8 Å². The molecule has 0 aliphatic carbocycles. The molecule has 1 heterocycles.